The van der Waals surface area contributed by atoms with Gasteiger partial charge in [-0.1, -0.05) is 23.2 Å². The fraction of sp³-hybridized carbons (Fsp3) is 0.308. The van der Waals surface area contributed by atoms with Gasteiger partial charge in [-0.15, -0.1) is 0 Å². The monoisotopic (exact) mass is 284 g/mol. The van der Waals surface area contributed by atoms with E-state index in [1.165, 1.54) is 0 Å². The average Bonchev–Trinajstić information content (AvgIpc) is 2.28. The number of rotatable bonds is 4. The number of methoxy groups -OCH3 is 1. The minimum Gasteiger partial charge on any atom is -0.385 e. The Morgan fingerprint density at radius 2 is 2.06 bits per heavy atom. The number of benzene rings is 1. The van der Waals surface area contributed by atoms with Gasteiger partial charge in [0.25, 0.3) is 0 Å². The predicted octanol–water partition coefficient (Wildman–Crippen LogP) is 4.12. The number of aromatic nitrogens is 1. The van der Waals surface area contributed by atoms with Crippen molar-refractivity contribution in [1.82, 2.24) is 4.98 Å². The van der Waals surface area contributed by atoms with Crippen LogP contribution in [0.15, 0.2) is 18.2 Å². The number of ether oxygens (including phenoxy) is 1. The Kier molecular flexibility index (Phi) is 4.27. The van der Waals surface area contributed by atoms with Crippen molar-refractivity contribution in [2.24, 2.45) is 0 Å². The molecular weight excluding hydrogens is 271 g/mol. The molecule has 0 fully saturated rings. The first-order chi connectivity index (χ1) is 8.65. The lowest BCUT2D eigenvalue weighted by Crippen LogP contribution is -2.01. The maximum atomic E-state index is 6.24. The number of hydrogen-bond acceptors (Lipinski definition) is 3. The van der Waals surface area contributed by atoms with E-state index in [1.54, 1.807) is 13.2 Å². The van der Waals surface area contributed by atoms with Gasteiger partial charge in [0.15, 0.2) is 0 Å². The van der Waals surface area contributed by atoms with Crippen molar-refractivity contribution in [3.8, 4) is 0 Å². The molecule has 0 saturated heterocycles. The van der Waals surface area contributed by atoms with Crippen LogP contribution in [0.2, 0.25) is 10.0 Å². The van der Waals surface area contributed by atoms with Crippen LogP contribution in [0.5, 0.6) is 0 Å². The summed E-state index contributed by atoms with van der Waals surface area (Å²) in [6.07, 6.45) is 0. The summed E-state index contributed by atoms with van der Waals surface area (Å²) in [7, 11) is 1.64. The van der Waals surface area contributed by atoms with Crippen LogP contribution in [0.3, 0.4) is 0 Å². The SMILES string of the molecule is CCNc1cc(COC)nc2cc(Cl)cc(Cl)c12. The van der Waals surface area contributed by atoms with E-state index in [0.717, 1.165) is 28.8 Å². The predicted molar refractivity (Wildman–Crippen MR) is 76.6 cm³/mol. The third kappa shape index (κ3) is 2.69. The molecule has 2 aromatic rings. The van der Waals surface area contributed by atoms with Crippen molar-refractivity contribution in [3.63, 3.8) is 0 Å². The summed E-state index contributed by atoms with van der Waals surface area (Å²) in [5, 5.41) is 5.36. The number of nitrogens with one attached hydrogen (secondary N) is 1. The van der Waals surface area contributed by atoms with E-state index < -0.39 is 0 Å². The molecule has 1 N–H and O–H groups in total. The van der Waals surface area contributed by atoms with Gasteiger partial charge in [0, 0.05) is 29.8 Å². The van der Waals surface area contributed by atoms with Gasteiger partial charge in [0.05, 0.1) is 22.8 Å². The van der Waals surface area contributed by atoms with E-state index in [9.17, 15) is 0 Å². The van der Waals surface area contributed by atoms with Crippen molar-refractivity contribution in [1.29, 1.82) is 0 Å². The molecule has 1 aromatic carbocycles. The summed E-state index contributed by atoms with van der Waals surface area (Å²) in [5.74, 6) is 0. The second-order valence-corrected chi connectivity index (χ2v) is 4.75. The van der Waals surface area contributed by atoms with Gasteiger partial charge in [0.2, 0.25) is 0 Å². The number of nitrogens with zero attached hydrogens (tertiary/aromatic N) is 1. The van der Waals surface area contributed by atoms with Crippen molar-refractivity contribution in [2.75, 3.05) is 19.0 Å². The van der Waals surface area contributed by atoms with Crippen LogP contribution >= 0.6 is 23.2 Å². The highest BCUT2D eigenvalue weighted by molar-refractivity contribution is 6.39. The Morgan fingerprint density at radius 1 is 1.28 bits per heavy atom. The summed E-state index contributed by atoms with van der Waals surface area (Å²) in [6, 6.07) is 5.49. The lowest BCUT2D eigenvalue weighted by Gasteiger charge is -2.12. The fourth-order valence-corrected chi connectivity index (χ4v) is 2.48. The first-order valence-electron chi connectivity index (χ1n) is 5.67. The number of halogens is 2. The second kappa shape index (κ2) is 5.74. The van der Waals surface area contributed by atoms with E-state index in [4.69, 9.17) is 27.9 Å². The first-order valence-corrected chi connectivity index (χ1v) is 6.42. The van der Waals surface area contributed by atoms with Crippen LogP contribution in [-0.4, -0.2) is 18.6 Å². The van der Waals surface area contributed by atoms with Gasteiger partial charge >= 0.3 is 0 Å². The van der Waals surface area contributed by atoms with E-state index in [-0.39, 0.29) is 0 Å². The molecule has 0 radical (unpaired) electrons. The molecule has 5 heteroatoms. The summed E-state index contributed by atoms with van der Waals surface area (Å²) in [5.41, 5.74) is 2.58. The second-order valence-electron chi connectivity index (χ2n) is 3.91. The quantitative estimate of drug-likeness (QED) is 0.917. The van der Waals surface area contributed by atoms with E-state index >= 15 is 0 Å². The molecule has 0 spiro atoms. The van der Waals surface area contributed by atoms with Gasteiger partial charge < -0.3 is 10.1 Å². The van der Waals surface area contributed by atoms with E-state index in [0.29, 0.717) is 16.7 Å². The molecule has 0 aliphatic carbocycles. The standard InChI is InChI=1S/C13H14Cl2N2O/c1-3-16-11-6-9(7-18-2)17-12-5-8(14)4-10(15)13(11)12/h4-6H,3,7H2,1-2H3,(H,16,17). The zero-order valence-corrected chi connectivity index (χ0v) is 11.8. The van der Waals surface area contributed by atoms with Crippen molar-refractivity contribution < 1.29 is 4.74 Å². The molecule has 3 nitrogen and oxygen atoms in total. The molecule has 0 atom stereocenters. The van der Waals surface area contributed by atoms with Crippen LogP contribution in [0.25, 0.3) is 10.9 Å². The Bertz CT molecular complexity index is 572. The summed E-state index contributed by atoms with van der Waals surface area (Å²) < 4.78 is 5.11. The highest BCUT2D eigenvalue weighted by Gasteiger charge is 2.10. The van der Waals surface area contributed by atoms with Crippen LogP contribution in [0.1, 0.15) is 12.6 Å². The molecule has 96 valence electrons. The Morgan fingerprint density at radius 3 is 2.72 bits per heavy atom. The number of hydrogen-bond donors (Lipinski definition) is 1. The zero-order valence-electron chi connectivity index (χ0n) is 10.3. The van der Waals surface area contributed by atoms with Crippen molar-refractivity contribution in [3.05, 3.63) is 33.9 Å². The first kappa shape index (κ1) is 13.4. The molecule has 2 rings (SSSR count). The summed E-state index contributed by atoms with van der Waals surface area (Å²) in [6.45, 7) is 3.30. The Balaban J connectivity index is 2.68. The molecule has 0 aliphatic heterocycles. The Labute approximate surface area is 116 Å². The minimum atomic E-state index is 0.457. The maximum Gasteiger partial charge on any atom is 0.0885 e. The lowest BCUT2D eigenvalue weighted by atomic mass is 10.1. The zero-order chi connectivity index (χ0) is 13.1. The van der Waals surface area contributed by atoms with Gasteiger partial charge in [-0.2, -0.15) is 0 Å². The molecule has 0 aliphatic rings. The van der Waals surface area contributed by atoms with Crippen LogP contribution in [-0.2, 0) is 11.3 Å². The van der Waals surface area contributed by atoms with E-state index in [2.05, 4.69) is 10.3 Å². The van der Waals surface area contributed by atoms with Crippen molar-refractivity contribution in [2.45, 2.75) is 13.5 Å². The van der Waals surface area contributed by atoms with E-state index in [1.807, 2.05) is 19.1 Å². The smallest absolute Gasteiger partial charge is 0.0885 e. The molecule has 0 unspecified atom stereocenters. The lowest BCUT2D eigenvalue weighted by molar-refractivity contribution is 0.182. The molecule has 1 heterocycles. The largest absolute Gasteiger partial charge is 0.385 e. The number of anilines is 1. The topological polar surface area (TPSA) is 34.1 Å². The highest BCUT2D eigenvalue weighted by atomic mass is 35.5. The average molecular weight is 285 g/mol. The third-order valence-electron chi connectivity index (χ3n) is 2.54. The van der Waals surface area contributed by atoms with Crippen LogP contribution < -0.4 is 5.32 Å². The fourth-order valence-electron chi connectivity index (χ4n) is 1.89. The highest BCUT2D eigenvalue weighted by Crippen LogP contribution is 2.33. The van der Waals surface area contributed by atoms with Gasteiger partial charge in [-0.05, 0) is 25.1 Å². The summed E-state index contributed by atoms with van der Waals surface area (Å²) in [4.78, 5) is 4.50. The number of fused-ring (bicyclic) bond motifs is 1. The molecule has 0 amide bonds. The third-order valence-corrected chi connectivity index (χ3v) is 3.05. The molecular formula is C13H14Cl2N2O. The van der Waals surface area contributed by atoms with Crippen molar-refractivity contribution >= 4 is 39.8 Å². The van der Waals surface area contributed by atoms with Gasteiger partial charge in [-0.3, -0.25) is 4.98 Å². The van der Waals surface area contributed by atoms with Crippen LogP contribution in [0, 0.1) is 0 Å². The molecule has 18 heavy (non-hydrogen) atoms. The molecule has 0 bridgehead atoms. The van der Waals surface area contributed by atoms with Crippen LogP contribution in [0.4, 0.5) is 5.69 Å². The van der Waals surface area contributed by atoms with Gasteiger partial charge in [-0.25, -0.2) is 0 Å². The maximum absolute atomic E-state index is 6.24. The van der Waals surface area contributed by atoms with Gasteiger partial charge in [0.1, 0.15) is 0 Å². The summed E-state index contributed by atoms with van der Waals surface area (Å²) >= 11 is 12.2. The minimum absolute atomic E-state index is 0.457. The Hall–Kier alpha value is -1.03. The number of pyridine rings is 1. The molecule has 0 saturated carbocycles. The molecule has 1 aromatic heterocycles. The normalized spacial score (nSPS) is 10.9.